The summed E-state index contributed by atoms with van der Waals surface area (Å²) >= 11 is 0. The number of terminal acetylenes is 1. The Balaban J connectivity index is 4.25. The van der Waals surface area contributed by atoms with Gasteiger partial charge >= 0.3 is 6.43 Å². The molecule has 0 spiro atoms. The summed E-state index contributed by atoms with van der Waals surface area (Å²) in [7, 11) is 0. The summed E-state index contributed by atoms with van der Waals surface area (Å²) in [5.41, 5.74) is -0.965. The molecule has 0 aromatic heterocycles. The molecular weight excluding hydrogens is 164 g/mol. The van der Waals surface area contributed by atoms with Crippen LogP contribution in [0.2, 0.25) is 0 Å². The molecule has 0 aromatic rings. The van der Waals surface area contributed by atoms with Crippen molar-refractivity contribution in [3.05, 3.63) is 0 Å². The lowest BCUT2D eigenvalue weighted by molar-refractivity contribution is -0.133. The highest BCUT2D eigenvalue weighted by Gasteiger charge is 2.25. The molecule has 0 rings (SSSR count). The van der Waals surface area contributed by atoms with Crippen molar-refractivity contribution in [2.45, 2.75) is 32.2 Å². The summed E-state index contributed by atoms with van der Waals surface area (Å²) in [5.74, 6) is 0.927. The Morgan fingerprint density at radius 1 is 1.75 bits per heavy atom. The van der Waals surface area contributed by atoms with E-state index in [-0.39, 0.29) is 0 Å². The molecule has 1 N–H and O–H groups in total. The van der Waals surface area contributed by atoms with Gasteiger partial charge in [-0.2, -0.15) is 8.78 Å². The summed E-state index contributed by atoms with van der Waals surface area (Å²) < 4.78 is 23.5. The van der Waals surface area contributed by atoms with Gasteiger partial charge < -0.3 is 5.32 Å². The van der Waals surface area contributed by atoms with Crippen molar-refractivity contribution in [1.82, 2.24) is 5.32 Å². The molecule has 0 aliphatic heterocycles. The van der Waals surface area contributed by atoms with E-state index in [4.69, 9.17) is 6.42 Å². The molecule has 4 heteroatoms. The summed E-state index contributed by atoms with van der Waals surface area (Å²) in [6.07, 6.45) is 2.46. The van der Waals surface area contributed by atoms with E-state index in [0.29, 0.717) is 6.42 Å². The fourth-order valence-electron chi connectivity index (χ4n) is 0.553. The van der Waals surface area contributed by atoms with Crippen molar-refractivity contribution in [3.63, 3.8) is 0 Å². The standard InChI is InChI=1S/C8H11F2NO/c1-4-8(3,5-2)11-7(12)6(9)10/h1,6H,5H2,2-3H3,(H,11,12). The van der Waals surface area contributed by atoms with E-state index in [1.54, 1.807) is 6.92 Å². The molecule has 1 unspecified atom stereocenters. The number of halogens is 2. The van der Waals surface area contributed by atoms with E-state index in [1.165, 1.54) is 6.92 Å². The third kappa shape index (κ3) is 2.87. The highest BCUT2D eigenvalue weighted by molar-refractivity contribution is 5.80. The fraction of sp³-hybridized carbons (Fsp3) is 0.625. The molecule has 68 valence electrons. The minimum Gasteiger partial charge on any atom is -0.335 e. The van der Waals surface area contributed by atoms with Crippen molar-refractivity contribution < 1.29 is 13.6 Å². The maximum Gasteiger partial charge on any atom is 0.315 e. The van der Waals surface area contributed by atoms with E-state index < -0.39 is 17.9 Å². The van der Waals surface area contributed by atoms with Gasteiger partial charge in [0.25, 0.3) is 5.91 Å². The Morgan fingerprint density at radius 3 is 2.50 bits per heavy atom. The van der Waals surface area contributed by atoms with Crippen LogP contribution in [0.4, 0.5) is 8.78 Å². The predicted molar refractivity (Wildman–Crippen MR) is 41.7 cm³/mol. The first-order valence-corrected chi connectivity index (χ1v) is 3.53. The summed E-state index contributed by atoms with van der Waals surface area (Å²) in [6.45, 7) is 3.24. The molecule has 1 amide bonds. The first kappa shape index (κ1) is 10.9. The van der Waals surface area contributed by atoms with Crippen LogP contribution in [0.5, 0.6) is 0 Å². The van der Waals surface area contributed by atoms with E-state index in [2.05, 4.69) is 11.2 Å². The quantitative estimate of drug-likeness (QED) is 0.641. The number of carbonyl (C=O) groups excluding carboxylic acids is 1. The minimum absolute atomic E-state index is 0.419. The van der Waals surface area contributed by atoms with Crippen LogP contribution < -0.4 is 5.32 Å². The van der Waals surface area contributed by atoms with Gasteiger partial charge in [-0.05, 0) is 13.3 Å². The molecule has 0 aromatic carbocycles. The van der Waals surface area contributed by atoms with E-state index >= 15 is 0 Å². The number of amides is 1. The van der Waals surface area contributed by atoms with E-state index in [1.807, 2.05) is 0 Å². The van der Waals surface area contributed by atoms with Crippen LogP contribution in [-0.2, 0) is 4.79 Å². The zero-order chi connectivity index (χ0) is 9.78. The van der Waals surface area contributed by atoms with Crippen LogP contribution in [0.1, 0.15) is 20.3 Å². The lowest BCUT2D eigenvalue weighted by atomic mass is 10.0. The van der Waals surface area contributed by atoms with Gasteiger partial charge in [0.05, 0.1) is 5.54 Å². The van der Waals surface area contributed by atoms with Crippen LogP contribution in [0, 0.1) is 12.3 Å². The molecule has 0 radical (unpaired) electrons. The fourth-order valence-corrected chi connectivity index (χ4v) is 0.553. The van der Waals surface area contributed by atoms with Crippen LogP contribution >= 0.6 is 0 Å². The number of hydrogen-bond donors (Lipinski definition) is 1. The Bertz CT molecular complexity index is 210. The van der Waals surface area contributed by atoms with E-state index in [9.17, 15) is 13.6 Å². The Kier molecular flexibility index (Phi) is 3.68. The molecular formula is C8H11F2NO. The molecule has 0 saturated carbocycles. The second-order valence-electron chi connectivity index (χ2n) is 2.62. The number of hydrogen-bond acceptors (Lipinski definition) is 1. The maximum atomic E-state index is 11.8. The van der Waals surface area contributed by atoms with Gasteiger partial charge in [0.15, 0.2) is 0 Å². The molecule has 0 fully saturated rings. The summed E-state index contributed by atoms with van der Waals surface area (Å²) in [5, 5.41) is 2.07. The topological polar surface area (TPSA) is 29.1 Å². The molecule has 12 heavy (non-hydrogen) atoms. The van der Waals surface area contributed by atoms with Gasteiger partial charge in [-0.3, -0.25) is 4.79 Å². The summed E-state index contributed by atoms with van der Waals surface area (Å²) in [6, 6.07) is 0. The number of carbonyl (C=O) groups is 1. The largest absolute Gasteiger partial charge is 0.335 e. The highest BCUT2D eigenvalue weighted by atomic mass is 19.3. The van der Waals surface area contributed by atoms with Crippen LogP contribution in [0.15, 0.2) is 0 Å². The van der Waals surface area contributed by atoms with Gasteiger partial charge in [-0.25, -0.2) is 0 Å². The molecule has 0 bridgehead atoms. The van der Waals surface area contributed by atoms with Crippen LogP contribution in [0.3, 0.4) is 0 Å². The second kappa shape index (κ2) is 4.05. The molecule has 0 aliphatic rings. The molecule has 1 atom stereocenters. The Hall–Kier alpha value is -1.11. The Labute approximate surface area is 70.3 Å². The maximum absolute atomic E-state index is 11.8. The highest BCUT2D eigenvalue weighted by Crippen LogP contribution is 2.08. The molecule has 0 aliphatic carbocycles. The van der Waals surface area contributed by atoms with E-state index in [0.717, 1.165) is 0 Å². The first-order chi connectivity index (χ1) is 5.45. The van der Waals surface area contributed by atoms with Crippen molar-refractivity contribution in [1.29, 1.82) is 0 Å². The smallest absolute Gasteiger partial charge is 0.315 e. The van der Waals surface area contributed by atoms with Gasteiger partial charge in [-0.15, -0.1) is 6.42 Å². The number of nitrogens with one attached hydrogen (secondary N) is 1. The van der Waals surface area contributed by atoms with Crippen molar-refractivity contribution in [3.8, 4) is 12.3 Å². The van der Waals surface area contributed by atoms with Gasteiger partial charge in [0.1, 0.15) is 0 Å². The zero-order valence-corrected chi connectivity index (χ0v) is 7.03. The number of rotatable bonds is 3. The molecule has 0 saturated heterocycles. The monoisotopic (exact) mass is 175 g/mol. The summed E-state index contributed by atoms with van der Waals surface area (Å²) in [4.78, 5) is 10.5. The lowest BCUT2D eigenvalue weighted by Gasteiger charge is -2.22. The van der Waals surface area contributed by atoms with Crippen molar-refractivity contribution >= 4 is 5.91 Å². The SMILES string of the molecule is C#CC(C)(CC)NC(=O)C(F)F. The zero-order valence-electron chi connectivity index (χ0n) is 7.03. The van der Waals surface area contributed by atoms with Crippen molar-refractivity contribution in [2.24, 2.45) is 0 Å². The molecule has 0 heterocycles. The third-order valence-corrected chi connectivity index (χ3v) is 1.62. The van der Waals surface area contributed by atoms with Crippen LogP contribution in [-0.4, -0.2) is 17.9 Å². The third-order valence-electron chi connectivity index (χ3n) is 1.62. The van der Waals surface area contributed by atoms with Gasteiger partial charge in [0, 0.05) is 0 Å². The predicted octanol–water partition coefficient (Wildman–Crippen LogP) is 1.17. The number of alkyl halides is 2. The minimum atomic E-state index is -3.01. The average Bonchev–Trinajstić information content (AvgIpc) is 2.04. The van der Waals surface area contributed by atoms with Crippen LogP contribution in [0.25, 0.3) is 0 Å². The lowest BCUT2D eigenvalue weighted by Crippen LogP contribution is -2.46. The average molecular weight is 175 g/mol. The van der Waals surface area contributed by atoms with Crippen molar-refractivity contribution in [2.75, 3.05) is 0 Å². The Morgan fingerprint density at radius 2 is 2.25 bits per heavy atom. The second-order valence-corrected chi connectivity index (χ2v) is 2.62. The molecule has 2 nitrogen and oxygen atoms in total. The normalized spacial score (nSPS) is 15.0. The van der Waals surface area contributed by atoms with Gasteiger partial charge in [0.2, 0.25) is 0 Å². The first-order valence-electron chi connectivity index (χ1n) is 3.53. The van der Waals surface area contributed by atoms with Gasteiger partial charge in [-0.1, -0.05) is 12.8 Å².